The fourth-order valence-corrected chi connectivity index (χ4v) is 5.12. The smallest absolute Gasteiger partial charge is 0.339 e. The average molecular weight is 530 g/mol. The predicted molar refractivity (Wildman–Crippen MR) is 147 cm³/mol. The maximum atomic E-state index is 12.9. The lowest BCUT2D eigenvalue weighted by Crippen LogP contribution is -2.32. The number of benzene rings is 4. The summed E-state index contributed by atoms with van der Waals surface area (Å²) in [5.74, 6) is -0.664. The van der Waals surface area contributed by atoms with Crippen LogP contribution in [0.25, 0.3) is 0 Å². The molecule has 6 nitrogen and oxygen atoms in total. The van der Waals surface area contributed by atoms with Gasteiger partial charge in [-0.3, -0.25) is 4.79 Å². The first-order chi connectivity index (χ1) is 18.3. The highest BCUT2D eigenvalue weighted by molar-refractivity contribution is 7.87. The van der Waals surface area contributed by atoms with Crippen LogP contribution >= 0.6 is 0 Å². The van der Waals surface area contributed by atoms with Gasteiger partial charge in [0.1, 0.15) is 17.3 Å². The molecule has 38 heavy (non-hydrogen) atoms. The number of rotatable bonds is 11. The van der Waals surface area contributed by atoms with Crippen LogP contribution in [0.3, 0.4) is 0 Å². The lowest BCUT2D eigenvalue weighted by molar-refractivity contribution is -0.145. The number of hydrogen-bond acceptors (Lipinski definition) is 6. The predicted octanol–water partition coefficient (Wildman–Crippen LogP) is 5.55. The average Bonchev–Trinajstić information content (AvgIpc) is 2.92. The summed E-state index contributed by atoms with van der Waals surface area (Å²) < 4.78 is 36.7. The first kappa shape index (κ1) is 27.1. The van der Waals surface area contributed by atoms with Gasteiger partial charge in [-0.25, -0.2) is 0 Å². The summed E-state index contributed by atoms with van der Waals surface area (Å²) in [6, 6.07) is 32.0. The van der Waals surface area contributed by atoms with Gasteiger partial charge in [0.05, 0.1) is 6.42 Å². The Bertz CT molecular complexity index is 1440. The molecule has 4 rings (SSSR count). The third kappa shape index (κ3) is 7.54. The minimum atomic E-state index is -4.03. The highest BCUT2D eigenvalue weighted by Crippen LogP contribution is 2.30. The number of hydrogen-bond donors (Lipinski definition) is 1. The molecular weight excluding hydrogens is 498 g/mol. The molecule has 0 saturated heterocycles. The standard InChI is InChI=1S/C31H31NO5S/c1-23-15-17-28(18-16-23)38(34,35)37-27-14-8-13-26(20-27)29(30(32)19-24-9-4-2-5-10-24)21-31(33)36-22-25-11-6-3-7-12-25/h2-18,20,29-30H,19,21-22,32H2,1H3. The zero-order chi connectivity index (χ0) is 27.0. The molecule has 0 heterocycles. The summed E-state index contributed by atoms with van der Waals surface area (Å²) in [6.45, 7) is 2.04. The van der Waals surface area contributed by atoms with Crippen LogP contribution in [0, 0.1) is 6.92 Å². The van der Waals surface area contributed by atoms with Gasteiger partial charge in [0.2, 0.25) is 0 Å². The van der Waals surface area contributed by atoms with Crippen molar-refractivity contribution in [3.8, 4) is 5.75 Å². The van der Waals surface area contributed by atoms with E-state index in [2.05, 4.69) is 0 Å². The summed E-state index contributed by atoms with van der Waals surface area (Å²) in [7, 11) is -4.03. The topological polar surface area (TPSA) is 95.7 Å². The van der Waals surface area contributed by atoms with Crippen molar-refractivity contribution in [3.63, 3.8) is 0 Å². The Hall–Kier alpha value is -3.94. The summed E-state index contributed by atoms with van der Waals surface area (Å²) in [5.41, 5.74) is 10.2. The molecule has 0 aliphatic heterocycles. The Morgan fingerprint density at radius 1 is 0.816 bits per heavy atom. The van der Waals surface area contributed by atoms with Crippen LogP contribution in [0.4, 0.5) is 0 Å². The number of carbonyl (C=O) groups excluding carboxylic acids is 1. The Morgan fingerprint density at radius 3 is 2.11 bits per heavy atom. The Balaban J connectivity index is 1.55. The number of nitrogens with two attached hydrogens (primary N) is 1. The number of carbonyl (C=O) groups is 1. The third-order valence-corrected chi connectivity index (χ3v) is 7.52. The van der Waals surface area contributed by atoms with E-state index >= 15 is 0 Å². The van der Waals surface area contributed by atoms with Gasteiger partial charge in [-0.05, 0) is 54.3 Å². The van der Waals surface area contributed by atoms with Gasteiger partial charge < -0.3 is 14.7 Å². The third-order valence-electron chi connectivity index (χ3n) is 6.26. The van der Waals surface area contributed by atoms with Gasteiger partial charge in [0.25, 0.3) is 0 Å². The molecule has 0 aliphatic rings. The molecule has 0 aliphatic carbocycles. The highest BCUT2D eigenvalue weighted by Gasteiger charge is 2.26. The van der Waals surface area contributed by atoms with E-state index in [0.717, 1.165) is 16.7 Å². The molecule has 2 N–H and O–H groups in total. The molecule has 0 spiro atoms. The molecule has 0 radical (unpaired) electrons. The molecular formula is C31H31NO5S. The van der Waals surface area contributed by atoms with Crippen LogP contribution in [0.1, 0.15) is 34.6 Å². The van der Waals surface area contributed by atoms with Crippen LogP contribution in [-0.2, 0) is 32.7 Å². The van der Waals surface area contributed by atoms with E-state index < -0.39 is 22.1 Å². The maximum Gasteiger partial charge on any atom is 0.339 e. The lowest BCUT2D eigenvalue weighted by Gasteiger charge is -2.24. The van der Waals surface area contributed by atoms with Crippen LogP contribution in [0.2, 0.25) is 0 Å². The van der Waals surface area contributed by atoms with Crippen molar-refractivity contribution in [2.45, 2.75) is 43.2 Å². The molecule has 7 heteroatoms. The van der Waals surface area contributed by atoms with E-state index in [4.69, 9.17) is 14.7 Å². The molecule has 0 fully saturated rings. The molecule has 196 valence electrons. The van der Waals surface area contributed by atoms with Crippen molar-refractivity contribution in [2.75, 3.05) is 0 Å². The highest BCUT2D eigenvalue weighted by atomic mass is 32.2. The molecule has 2 atom stereocenters. The van der Waals surface area contributed by atoms with Gasteiger partial charge >= 0.3 is 16.1 Å². The van der Waals surface area contributed by atoms with Crippen molar-refractivity contribution in [3.05, 3.63) is 131 Å². The molecule has 0 aromatic heterocycles. The Labute approximate surface area is 224 Å². The second kappa shape index (κ2) is 12.5. The number of esters is 1. The zero-order valence-electron chi connectivity index (χ0n) is 21.2. The summed E-state index contributed by atoms with van der Waals surface area (Å²) >= 11 is 0. The van der Waals surface area contributed by atoms with Crippen molar-refractivity contribution < 1.29 is 22.1 Å². The van der Waals surface area contributed by atoms with Crippen molar-refractivity contribution >= 4 is 16.1 Å². The summed E-state index contributed by atoms with van der Waals surface area (Å²) in [4.78, 5) is 12.9. The largest absolute Gasteiger partial charge is 0.461 e. The van der Waals surface area contributed by atoms with Crippen LogP contribution in [0.15, 0.2) is 114 Å². The zero-order valence-corrected chi connectivity index (χ0v) is 22.0. The minimum absolute atomic E-state index is 0.0367. The van der Waals surface area contributed by atoms with E-state index in [-0.39, 0.29) is 29.6 Å². The Kier molecular flexibility index (Phi) is 8.94. The first-order valence-electron chi connectivity index (χ1n) is 12.4. The molecule has 4 aromatic carbocycles. The summed E-state index contributed by atoms with van der Waals surface area (Å²) in [5, 5.41) is 0. The van der Waals surface area contributed by atoms with E-state index in [9.17, 15) is 13.2 Å². The fraction of sp³-hybridized carbons (Fsp3) is 0.194. The Morgan fingerprint density at radius 2 is 1.45 bits per heavy atom. The van der Waals surface area contributed by atoms with Crippen molar-refractivity contribution in [1.29, 1.82) is 0 Å². The van der Waals surface area contributed by atoms with Crippen LogP contribution in [0.5, 0.6) is 5.75 Å². The summed E-state index contributed by atoms with van der Waals surface area (Å²) in [6.07, 6.45) is 0.569. The lowest BCUT2D eigenvalue weighted by atomic mass is 9.85. The second-order valence-electron chi connectivity index (χ2n) is 9.23. The van der Waals surface area contributed by atoms with Gasteiger partial charge in [-0.15, -0.1) is 0 Å². The van der Waals surface area contributed by atoms with Gasteiger partial charge in [0, 0.05) is 12.0 Å². The molecule has 2 unspecified atom stereocenters. The number of aryl methyl sites for hydroxylation is 1. The van der Waals surface area contributed by atoms with E-state index in [1.807, 2.05) is 73.7 Å². The van der Waals surface area contributed by atoms with Gasteiger partial charge in [-0.2, -0.15) is 8.42 Å². The van der Waals surface area contributed by atoms with Gasteiger partial charge in [-0.1, -0.05) is 90.5 Å². The van der Waals surface area contributed by atoms with Crippen LogP contribution in [-0.4, -0.2) is 20.4 Å². The molecule has 0 bridgehead atoms. The first-order valence-corrected chi connectivity index (χ1v) is 13.8. The SMILES string of the molecule is Cc1ccc(S(=O)(=O)Oc2cccc(C(CC(=O)OCc3ccccc3)C(N)Cc3ccccc3)c2)cc1. The fourth-order valence-electron chi connectivity index (χ4n) is 4.20. The number of ether oxygens (including phenoxy) is 1. The normalized spacial score (nSPS) is 12.9. The quantitative estimate of drug-likeness (QED) is 0.202. The van der Waals surface area contributed by atoms with E-state index in [0.29, 0.717) is 12.0 Å². The minimum Gasteiger partial charge on any atom is -0.461 e. The van der Waals surface area contributed by atoms with Crippen molar-refractivity contribution in [2.24, 2.45) is 5.73 Å². The van der Waals surface area contributed by atoms with E-state index in [1.165, 1.54) is 12.1 Å². The van der Waals surface area contributed by atoms with Crippen molar-refractivity contribution in [1.82, 2.24) is 0 Å². The molecule has 0 saturated carbocycles. The van der Waals surface area contributed by atoms with Crippen LogP contribution < -0.4 is 9.92 Å². The monoisotopic (exact) mass is 529 g/mol. The van der Waals surface area contributed by atoms with Gasteiger partial charge in [0.15, 0.2) is 0 Å². The molecule has 4 aromatic rings. The van der Waals surface area contributed by atoms with E-state index in [1.54, 1.807) is 30.3 Å². The molecule has 0 amide bonds. The second-order valence-corrected chi connectivity index (χ2v) is 10.8. The maximum absolute atomic E-state index is 12.9.